The molecule has 0 radical (unpaired) electrons. The van der Waals surface area contributed by atoms with Gasteiger partial charge in [-0.3, -0.25) is 4.79 Å². The number of hydrogen-bond donors (Lipinski definition) is 1. The Hall–Kier alpha value is -0.960. The number of nitrogens with one attached hydrogen (secondary N) is 1. The third kappa shape index (κ3) is 2.75. The maximum Gasteiger partial charge on any atom is 0.268 e. The van der Waals surface area contributed by atoms with Crippen LogP contribution in [-0.2, 0) is 4.79 Å². The SMILES string of the molecule is O=C(C1=C=CC=CS1)N1CCCNCC1. The summed E-state index contributed by atoms with van der Waals surface area (Å²) in [7, 11) is 0. The first-order chi connectivity index (χ1) is 7.38. The van der Waals surface area contributed by atoms with Crippen molar-refractivity contribution in [1.29, 1.82) is 0 Å². The third-order valence-corrected chi connectivity index (χ3v) is 3.22. The number of carbonyl (C=O) groups excluding carboxylic acids is 1. The number of rotatable bonds is 1. The summed E-state index contributed by atoms with van der Waals surface area (Å²) >= 11 is 1.45. The Morgan fingerprint density at radius 3 is 3.20 bits per heavy atom. The second-order valence-corrected chi connectivity index (χ2v) is 4.40. The molecule has 0 atom stereocenters. The first-order valence-corrected chi connectivity index (χ1v) is 6.04. The molecule has 1 fully saturated rings. The highest BCUT2D eigenvalue weighted by Gasteiger charge is 2.19. The van der Waals surface area contributed by atoms with E-state index in [0.29, 0.717) is 4.91 Å². The molecule has 0 aromatic heterocycles. The minimum atomic E-state index is 0.115. The van der Waals surface area contributed by atoms with E-state index in [1.54, 1.807) is 6.08 Å². The van der Waals surface area contributed by atoms with Crippen molar-refractivity contribution in [3.05, 3.63) is 28.2 Å². The first-order valence-electron chi connectivity index (χ1n) is 5.16. The summed E-state index contributed by atoms with van der Waals surface area (Å²) in [6.45, 7) is 3.55. The molecular weight excluding hydrogens is 208 g/mol. The topological polar surface area (TPSA) is 32.3 Å². The molecule has 2 rings (SSSR count). The fourth-order valence-electron chi connectivity index (χ4n) is 1.61. The highest BCUT2D eigenvalue weighted by molar-refractivity contribution is 8.06. The second kappa shape index (κ2) is 5.21. The number of thioether (sulfide) groups is 1. The number of amides is 1. The molecule has 0 aromatic carbocycles. The molecule has 0 bridgehead atoms. The minimum absolute atomic E-state index is 0.115. The van der Waals surface area contributed by atoms with Gasteiger partial charge in [-0.2, -0.15) is 0 Å². The van der Waals surface area contributed by atoms with Crippen LogP contribution in [0.5, 0.6) is 0 Å². The van der Waals surface area contributed by atoms with Crippen LogP contribution in [0, 0.1) is 0 Å². The Balaban J connectivity index is 2.03. The van der Waals surface area contributed by atoms with E-state index in [2.05, 4.69) is 11.0 Å². The van der Waals surface area contributed by atoms with Gasteiger partial charge in [-0.05, 0) is 30.5 Å². The zero-order valence-electron chi connectivity index (χ0n) is 8.53. The van der Waals surface area contributed by atoms with Crippen molar-refractivity contribution in [3.8, 4) is 0 Å². The van der Waals surface area contributed by atoms with Gasteiger partial charge >= 0.3 is 0 Å². The quantitative estimate of drug-likeness (QED) is 0.675. The zero-order valence-corrected chi connectivity index (χ0v) is 9.35. The van der Waals surface area contributed by atoms with Crippen LogP contribution < -0.4 is 5.32 Å². The van der Waals surface area contributed by atoms with Crippen molar-refractivity contribution in [2.24, 2.45) is 0 Å². The summed E-state index contributed by atoms with van der Waals surface area (Å²) in [4.78, 5) is 14.6. The van der Waals surface area contributed by atoms with Gasteiger partial charge in [0.15, 0.2) is 0 Å². The lowest BCUT2D eigenvalue weighted by molar-refractivity contribution is -0.126. The molecule has 0 unspecified atom stereocenters. The van der Waals surface area contributed by atoms with Crippen LogP contribution in [0.3, 0.4) is 0 Å². The van der Waals surface area contributed by atoms with Crippen LogP contribution in [0.2, 0.25) is 0 Å². The maximum absolute atomic E-state index is 12.0. The van der Waals surface area contributed by atoms with Crippen LogP contribution in [0.15, 0.2) is 28.2 Å². The van der Waals surface area contributed by atoms with Crippen LogP contribution in [0.4, 0.5) is 0 Å². The molecule has 0 aliphatic carbocycles. The van der Waals surface area contributed by atoms with Gasteiger partial charge in [-0.15, -0.1) is 0 Å². The predicted octanol–water partition coefficient (Wildman–Crippen LogP) is 1.11. The van der Waals surface area contributed by atoms with Gasteiger partial charge in [0.25, 0.3) is 5.91 Å². The number of hydrogen-bond acceptors (Lipinski definition) is 3. The Morgan fingerprint density at radius 1 is 1.47 bits per heavy atom. The average Bonchev–Trinajstić information content (AvgIpc) is 2.58. The Morgan fingerprint density at radius 2 is 2.40 bits per heavy atom. The third-order valence-electron chi connectivity index (χ3n) is 2.40. The molecule has 80 valence electrons. The lowest BCUT2D eigenvalue weighted by Crippen LogP contribution is -2.34. The van der Waals surface area contributed by atoms with Gasteiger partial charge in [-0.25, -0.2) is 0 Å². The number of carbonyl (C=O) groups is 1. The Kier molecular flexibility index (Phi) is 3.67. The molecule has 3 nitrogen and oxygen atoms in total. The van der Waals surface area contributed by atoms with Crippen molar-refractivity contribution in [2.75, 3.05) is 26.2 Å². The van der Waals surface area contributed by atoms with Gasteiger partial charge in [0.1, 0.15) is 4.91 Å². The molecule has 0 saturated carbocycles. The van der Waals surface area contributed by atoms with E-state index < -0.39 is 0 Å². The van der Waals surface area contributed by atoms with E-state index in [1.165, 1.54) is 11.8 Å². The van der Waals surface area contributed by atoms with E-state index in [9.17, 15) is 4.79 Å². The molecule has 2 aliphatic heterocycles. The van der Waals surface area contributed by atoms with E-state index in [0.717, 1.165) is 32.6 Å². The zero-order chi connectivity index (χ0) is 10.5. The summed E-state index contributed by atoms with van der Waals surface area (Å²) in [6.07, 6.45) is 4.72. The van der Waals surface area contributed by atoms with E-state index in [-0.39, 0.29) is 5.91 Å². The first kappa shape index (κ1) is 10.6. The molecule has 2 heterocycles. The standard InChI is InChI=1S/C11H14N2OS/c14-11(10-4-1-2-9-15-10)13-7-3-5-12-6-8-13/h1-2,9,12H,3,5-8H2. The van der Waals surface area contributed by atoms with Crippen molar-refractivity contribution in [1.82, 2.24) is 10.2 Å². The molecule has 1 saturated heterocycles. The highest BCUT2D eigenvalue weighted by atomic mass is 32.2. The largest absolute Gasteiger partial charge is 0.336 e. The summed E-state index contributed by atoms with van der Waals surface area (Å²) in [6, 6.07) is 0. The molecule has 0 aromatic rings. The number of nitrogens with zero attached hydrogens (tertiary/aromatic N) is 1. The van der Waals surface area contributed by atoms with Gasteiger partial charge in [0.05, 0.1) is 0 Å². The Labute approximate surface area is 93.9 Å². The van der Waals surface area contributed by atoms with Crippen molar-refractivity contribution in [2.45, 2.75) is 6.42 Å². The normalized spacial score (nSPS) is 21.1. The molecule has 15 heavy (non-hydrogen) atoms. The fourth-order valence-corrected chi connectivity index (χ4v) is 2.27. The van der Waals surface area contributed by atoms with Gasteiger partial charge in [0.2, 0.25) is 0 Å². The monoisotopic (exact) mass is 222 g/mol. The van der Waals surface area contributed by atoms with E-state index in [4.69, 9.17) is 0 Å². The average molecular weight is 222 g/mol. The fraction of sp³-hybridized carbons (Fsp3) is 0.455. The summed E-state index contributed by atoms with van der Waals surface area (Å²) in [5.74, 6) is 0.115. The number of allylic oxidation sites excluding steroid dienone is 1. The van der Waals surface area contributed by atoms with Crippen LogP contribution >= 0.6 is 11.8 Å². The van der Waals surface area contributed by atoms with Crippen LogP contribution in [0.25, 0.3) is 0 Å². The van der Waals surface area contributed by atoms with Crippen LogP contribution in [-0.4, -0.2) is 37.0 Å². The summed E-state index contributed by atoms with van der Waals surface area (Å²) < 4.78 is 0. The molecule has 0 spiro atoms. The van der Waals surface area contributed by atoms with Crippen LogP contribution in [0.1, 0.15) is 6.42 Å². The Bertz CT molecular complexity index is 334. The highest BCUT2D eigenvalue weighted by Crippen LogP contribution is 2.21. The van der Waals surface area contributed by atoms with Gasteiger partial charge in [-0.1, -0.05) is 17.5 Å². The van der Waals surface area contributed by atoms with E-state index >= 15 is 0 Å². The van der Waals surface area contributed by atoms with E-state index in [1.807, 2.05) is 16.4 Å². The summed E-state index contributed by atoms with van der Waals surface area (Å²) in [5.41, 5.74) is 2.99. The molecule has 1 amide bonds. The van der Waals surface area contributed by atoms with Gasteiger partial charge in [0, 0.05) is 19.6 Å². The second-order valence-electron chi connectivity index (χ2n) is 3.48. The van der Waals surface area contributed by atoms with Crippen molar-refractivity contribution < 1.29 is 4.79 Å². The predicted molar refractivity (Wildman–Crippen MR) is 62.4 cm³/mol. The summed E-state index contributed by atoms with van der Waals surface area (Å²) in [5, 5.41) is 5.20. The molecule has 2 aliphatic rings. The van der Waals surface area contributed by atoms with Crippen molar-refractivity contribution >= 4 is 17.7 Å². The lowest BCUT2D eigenvalue weighted by atomic mass is 10.3. The smallest absolute Gasteiger partial charge is 0.268 e. The maximum atomic E-state index is 12.0. The lowest BCUT2D eigenvalue weighted by Gasteiger charge is -2.20. The van der Waals surface area contributed by atoms with Gasteiger partial charge < -0.3 is 10.2 Å². The molecule has 1 N–H and O–H groups in total. The molecular formula is C11H14N2OS. The molecule has 4 heteroatoms. The van der Waals surface area contributed by atoms with Crippen molar-refractivity contribution in [3.63, 3.8) is 0 Å². The minimum Gasteiger partial charge on any atom is -0.336 e.